The van der Waals surface area contributed by atoms with E-state index in [4.69, 9.17) is 5.73 Å². The van der Waals surface area contributed by atoms with Gasteiger partial charge in [0.1, 0.15) is 0 Å². The second-order valence-corrected chi connectivity index (χ2v) is 3.91. The highest BCUT2D eigenvalue weighted by Gasteiger charge is 2.24. The van der Waals surface area contributed by atoms with Crippen molar-refractivity contribution in [1.29, 1.82) is 0 Å². The molecule has 0 saturated carbocycles. The van der Waals surface area contributed by atoms with Crippen molar-refractivity contribution < 1.29 is 0 Å². The summed E-state index contributed by atoms with van der Waals surface area (Å²) < 4.78 is 0. The monoisotopic (exact) mass is 171 g/mol. The Morgan fingerprint density at radius 3 is 2.00 bits per heavy atom. The fraction of sp³-hybridized carbons (Fsp3) is 1.00. The molecule has 0 aliphatic carbocycles. The van der Waals surface area contributed by atoms with E-state index in [1.807, 2.05) is 0 Å². The van der Waals surface area contributed by atoms with Gasteiger partial charge in [-0.15, -0.1) is 0 Å². The third-order valence-corrected chi connectivity index (χ3v) is 3.02. The highest BCUT2D eigenvalue weighted by Crippen LogP contribution is 2.32. The van der Waals surface area contributed by atoms with Crippen molar-refractivity contribution in [2.45, 2.75) is 59.3 Å². The molecule has 1 unspecified atom stereocenters. The largest absolute Gasteiger partial charge is 0.330 e. The van der Waals surface area contributed by atoms with E-state index in [-0.39, 0.29) is 0 Å². The Morgan fingerprint density at radius 2 is 1.67 bits per heavy atom. The molecule has 0 spiro atoms. The van der Waals surface area contributed by atoms with Gasteiger partial charge in [0.05, 0.1) is 0 Å². The molecule has 0 heterocycles. The lowest BCUT2D eigenvalue weighted by molar-refractivity contribution is 0.230. The van der Waals surface area contributed by atoms with E-state index in [1.165, 1.54) is 38.5 Å². The number of nitrogens with two attached hydrogens (primary N) is 1. The van der Waals surface area contributed by atoms with E-state index in [9.17, 15) is 0 Å². The highest BCUT2D eigenvalue weighted by molar-refractivity contribution is 4.78. The Morgan fingerprint density at radius 1 is 1.00 bits per heavy atom. The lowest BCUT2D eigenvalue weighted by atomic mass is 9.77. The first-order valence-electron chi connectivity index (χ1n) is 5.44. The van der Waals surface area contributed by atoms with Crippen LogP contribution in [-0.4, -0.2) is 6.54 Å². The Labute approximate surface area is 77.7 Å². The summed E-state index contributed by atoms with van der Waals surface area (Å²) in [6.45, 7) is 7.66. The van der Waals surface area contributed by atoms with Crippen LogP contribution in [0.2, 0.25) is 0 Å². The molecule has 0 saturated heterocycles. The normalized spacial score (nSPS) is 16.0. The highest BCUT2D eigenvalue weighted by atomic mass is 14.6. The van der Waals surface area contributed by atoms with Crippen LogP contribution < -0.4 is 5.73 Å². The number of rotatable bonds is 7. The second kappa shape index (κ2) is 6.47. The van der Waals surface area contributed by atoms with Crippen LogP contribution in [0, 0.1) is 5.41 Å². The molecule has 12 heavy (non-hydrogen) atoms. The third-order valence-electron chi connectivity index (χ3n) is 3.02. The van der Waals surface area contributed by atoms with Gasteiger partial charge in [0, 0.05) is 0 Å². The third kappa shape index (κ3) is 3.57. The van der Waals surface area contributed by atoms with Gasteiger partial charge in [-0.3, -0.25) is 0 Å². The average Bonchev–Trinajstić information content (AvgIpc) is 2.13. The topological polar surface area (TPSA) is 26.0 Å². The molecule has 0 aliphatic heterocycles. The molecular weight excluding hydrogens is 146 g/mol. The van der Waals surface area contributed by atoms with Crippen LogP contribution in [-0.2, 0) is 0 Å². The number of hydrogen-bond acceptors (Lipinski definition) is 1. The lowest BCUT2D eigenvalue weighted by Crippen LogP contribution is -2.29. The van der Waals surface area contributed by atoms with E-state index in [0.29, 0.717) is 5.41 Å². The lowest BCUT2D eigenvalue weighted by Gasteiger charge is -2.31. The molecule has 1 nitrogen and oxygen atoms in total. The minimum Gasteiger partial charge on any atom is -0.330 e. The van der Waals surface area contributed by atoms with Crippen molar-refractivity contribution in [3.8, 4) is 0 Å². The molecule has 74 valence electrons. The van der Waals surface area contributed by atoms with E-state index < -0.39 is 0 Å². The van der Waals surface area contributed by atoms with Crippen molar-refractivity contribution in [3.63, 3.8) is 0 Å². The van der Waals surface area contributed by atoms with Crippen LogP contribution in [0.25, 0.3) is 0 Å². The Kier molecular flexibility index (Phi) is 6.45. The Hall–Kier alpha value is -0.0400. The molecule has 1 atom stereocenters. The van der Waals surface area contributed by atoms with Crippen molar-refractivity contribution in [1.82, 2.24) is 0 Å². The summed E-state index contributed by atoms with van der Waals surface area (Å²) in [4.78, 5) is 0. The SMILES string of the molecule is CCCCC(CC)(CN)CCC. The van der Waals surface area contributed by atoms with Gasteiger partial charge in [0.25, 0.3) is 0 Å². The summed E-state index contributed by atoms with van der Waals surface area (Å²) in [5.74, 6) is 0. The van der Waals surface area contributed by atoms with Gasteiger partial charge in [0.2, 0.25) is 0 Å². The maximum absolute atomic E-state index is 5.85. The molecule has 2 N–H and O–H groups in total. The predicted octanol–water partition coefficient (Wildman–Crippen LogP) is 3.33. The zero-order chi connectivity index (χ0) is 9.45. The van der Waals surface area contributed by atoms with Gasteiger partial charge in [0.15, 0.2) is 0 Å². The molecule has 0 aromatic heterocycles. The predicted molar refractivity (Wildman–Crippen MR) is 56.2 cm³/mol. The molecule has 0 fully saturated rings. The summed E-state index contributed by atoms with van der Waals surface area (Å²) in [6.07, 6.45) is 7.78. The van der Waals surface area contributed by atoms with Crippen LogP contribution in [0.3, 0.4) is 0 Å². The summed E-state index contributed by atoms with van der Waals surface area (Å²) in [5, 5.41) is 0. The first-order valence-corrected chi connectivity index (χ1v) is 5.44. The van der Waals surface area contributed by atoms with Crippen LogP contribution in [0.4, 0.5) is 0 Å². The summed E-state index contributed by atoms with van der Waals surface area (Å²) >= 11 is 0. The van der Waals surface area contributed by atoms with Crippen molar-refractivity contribution in [2.24, 2.45) is 11.1 Å². The number of unbranched alkanes of at least 4 members (excludes halogenated alkanes) is 1. The summed E-state index contributed by atoms with van der Waals surface area (Å²) in [6, 6.07) is 0. The molecule has 0 aromatic rings. The molecule has 1 heteroatoms. The molecule has 0 aromatic carbocycles. The molecular formula is C11H25N. The average molecular weight is 171 g/mol. The van der Waals surface area contributed by atoms with E-state index >= 15 is 0 Å². The summed E-state index contributed by atoms with van der Waals surface area (Å²) in [5.41, 5.74) is 6.31. The molecule has 0 radical (unpaired) electrons. The Balaban J connectivity index is 3.95. The van der Waals surface area contributed by atoms with Crippen LogP contribution >= 0.6 is 0 Å². The molecule has 0 amide bonds. The fourth-order valence-corrected chi connectivity index (χ4v) is 1.91. The standard InChI is InChI=1S/C11H25N/c1-4-7-9-11(6-3,10-12)8-5-2/h4-10,12H2,1-3H3. The first-order chi connectivity index (χ1) is 5.74. The minimum atomic E-state index is 0.463. The van der Waals surface area contributed by atoms with E-state index in [0.717, 1.165) is 6.54 Å². The first kappa shape index (κ1) is 12.0. The minimum absolute atomic E-state index is 0.463. The fourth-order valence-electron chi connectivity index (χ4n) is 1.91. The number of hydrogen-bond donors (Lipinski definition) is 1. The van der Waals surface area contributed by atoms with Gasteiger partial charge >= 0.3 is 0 Å². The van der Waals surface area contributed by atoms with Gasteiger partial charge < -0.3 is 5.73 Å². The smallest absolute Gasteiger partial charge is 0.00206 e. The van der Waals surface area contributed by atoms with Gasteiger partial charge in [-0.1, -0.05) is 40.0 Å². The van der Waals surface area contributed by atoms with Crippen LogP contribution in [0.5, 0.6) is 0 Å². The van der Waals surface area contributed by atoms with Gasteiger partial charge in [-0.05, 0) is 31.2 Å². The van der Waals surface area contributed by atoms with Crippen molar-refractivity contribution >= 4 is 0 Å². The maximum Gasteiger partial charge on any atom is -0.00206 e. The van der Waals surface area contributed by atoms with Gasteiger partial charge in [-0.2, -0.15) is 0 Å². The molecule has 0 rings (SSSR count). The molecule has 0 bridgehead atoms. The van der Waals surface area contributed by atoms with Crippen molar-refractivity contribution in [3.05, 3.63) is 0 Å². The maximum atomic E-state index is 5.85. The Bertz CT molecular complexity index is 95.2. The van der Waals surface area contributed by atoms with E-state index in [1.54, 1.807) is 0 Å². The van der Waals surface area contributed by atoms with Crippen molar-refractivity contribution in [2.75, 3.05) is 6.54 Å². The molecule has 0 aliphatic rings. The van der Waals surface area contributed by atoms with Gasteiger partial charge in [-0.25, -0.2) is 0 Å². The van der Waals surface area contributed by atoms with E-state index in [2.05, 4.69) is 20.8 Å². The van der Waals surface area contributed by atoms with Crippen LogP contribution in [0.15, 0.2) is 0 Å². The zero-order valence-corrected chi connectivity index (χ0v) is 9.03. The quantitative estimate of drug-likeness (QED) is 0.624. The zero-order valence-electron chi connectivity index (χ0n) is 9.03. The summed E-state index contributed by atoms with van der Waals surface area (Å²) in [7, 11) is 0. The second-order valence-electron chi connectivity index (χ2n) is 3.91. The van der Waals surface area contributed by atoms with Crippen LogP contribution in [0.1, 0.15) is 59.3 Å².